The van der Waals surface area contributed by atoms with Crippen molar-refractivity contribution in [2.75, 3.05) is 32.8 Å². The maximum Gasteiger partial charge on any atom is 0.0506 e. The highest BCUT2D eigenvalue weighted by molar-refractivity contribution is 4.94. The minimum Gasteiger partial charge on any atom is -0.381 e. The first-order chi connectivity index (χ1) is 8.43. The molecule has 3 aliphatic heterocycles. The van der Waals surface area contributed by atoms with E-state index in [2.05, 4.69) is 10.2 Å². The van der Waals surface area contributed by atoms with Crippen LogP contribution in [0, 0.1) is 5.92 Å². The molecule has 98 valence electrons. The molecule has 3 heteroatoms. The lowest BCUT2D eigenvalue weighted by atomic mass is 9.97. The molecule has 0 aromatic rings. The van der Waals surface area contributed by atoms with Gasteiger partial charge in [0, 0.05) is 31.8 Å². The van der Waals surface area contributed by atoms with Gasteiger partial charge >= 0.3 is 0 Å². The molecule has 0 aromatic heterocycles. The first kappa shape index (κ1) is 11.9. The molecule has 3 atom stereocenters. The monoisotopic (exact) mass is 238 g/mol. The van der Waals surface area contributed by atoms with Crippen LogP contribution in [0.4, 0.5) is 0 Å². The third-order valence-electron chi connectivity index (χ3n) is 4.78. The fourth-order valence-corrected chi connectivity index (χ4v) is 3.77. The number of piperidine rings is 1. The maximum absolute atomic E-state index is 5.55. The first-order valence-electron chi connectivity index (χ1n) is 7.48. The van der Waals surface area contributed by atoms with Crippen molar-refractivity contribution >= 4 is 0 Å². The molecule has 3 heterocycles. The Hall–Kier alpha value is -0.120. The minimum atomic E-state index is 0.761. The first-order valence-corrected chi connectivity index (χ1v) is 7.48. The molecular weight excluding hydrogens is 212 g/mol. The van der Waals surface area contributed by atoms with Crippen LogP contribution in [-0.2, 0) is 4.74 Å². The Balaban J connectivity index is 1.45. The zero-order chi connectivity index (χ0) is 11.5. The summed E-state index contributed by atoms with van der Waals surface area (Å²) in [6.07, 6.45) is 8.24. The molecule has 17 heavy (non-hydrogen) atoms. The smallest absolute Gasteiger partial charge is 0.0506 e. The average Bonchev–Trinajstić information content (AvgIpc) is 2.81. The molecule has 3 fully saturated rings. The van der Waals surface area contributed by atoms with E-state index in [4.69, 9.17) is 4.74 Å². The zero-order valence-electron chi connectivity index (χ0n) is 10.9. The van der Waals surface area contributed by atoms with Crippen molar-refractivity contribution in [2.45, 2.75) is 50.6 Å². The van der Waals surface area contributed by atoms with Gasteiger partial charge in [0.15, 0.2) is 0 Å². The average molecular weight is 238 g/mol. The van der Waals surface area contributed by atoms with Crippen LogP contribution in [0.5, 0.6) is 0 Å². The van der Waals surface area contributed by atoms with Crippen LogP contribution in [-0.4, -0.2) is 49.8 Å². The Bertz CT molecular complexity index is 240. The van der Waals surface area contributed by atoms with Crippen molar-refractivity contribution in [3.63, 3.8) is 0 Å². The molecule has 0 amide bonds. The summed E-state index contributed by atoms with van der Waals surface area (Å²) in [5.74, 6) is 0.765. The predicted octanol–water partition coefficient (Wildman–Crippen LogP) is 1.63. The molecule has 3 aliphatic rings. The molecule has 3 unspecified atom stereocenters. The second-order valence-electron chi connectivity index (χ2n) is 5.99. The summed E-state index contributed by atoms with van der Waals surface area (Å²) in [7, 11) is 0. The molecule has 0 saturated carbocycles. The molecule has 0 radical (unpaired) electrons. The van der Waals surface area contributed by atoms with Crippen LogP contribution >= 0.6 is 0 Å². The lowest BCUT2D eigenvalue weighted by molar-refractivity contribution is 0.0528. The highest BCUT2D eigenvalue weighted by Gasteiger charge is 2.35. The van der Waals surface area contributed by atoms with E-state index in [1.54, 1.807) is 0 Å². The van der Waals surface area contributed by atoms with Gasteiger partial charge in [-0.05, 0) is 44.6 Å². The van der Waals surface area contributed by atoms with Crippen molar-refractivity contribution < 1.29 is 4.74 Å². The highest BCUT2D eigenvalue weighted by atomic mass is 16.5. The number of fused-ring (bicyclic) bond motifs is 1. The lowest BCUT2D eigenvalue weighted by Gasteiger charge is -2.33. The second-order valence-corrected chi connectivity index (χ2v) is 5.99. The van der Waals surface area contributed by atoms with Gasteiger partial charge in [-0.25, -0.2) is 0 Å². The maximum atomic E-state index is 5.55. The number of nitrogens with one attached hydrogen (secondary N) is 1. The summed E-state index contributed by atoms with van der Waals surface area (Å²) in [4.78, 5) is 2.71. The highest BCUT2D eigenvalue weighted by Crippen LogP contribution is 2.27. The number of hydrogen-bond acceptors (Lipinski definition) is 3. The third-order valence-corrected chi connectivity index (χ3v) is 4.78. The van der Waals surface area contributed by atoms with E-state index >= 15 is 0 Å². The Kier molecular flexibility index (Phi) is 3.99. The van der Waals surface area contributed by atoms with E-state index in [-0.39, 0.29) is 0 Å². The van der Waals surface area contributed by atoms with Crippen LogP contribution in [0.1, 0.15) is 38.5 Å². The molecule has 3 nitrogen and oxygen atoms in total. The van der Waals surface area contributed by atoms with Gasteiger partial charge < -0.3 is 10.1 Å². The zero-order valence-corrected chi connectivity index (χ0v) is 10.9. The third kappa shape index (κ3) is 2.83. The van der Waals surface area contributed by atoms with Crippen molar-refractivity contribution in [2.24, 2.45) is 5.92 Å². The van der Waals surface area contributed by atoms with Gasteiger partial charge in [0.1, 0.15) is 0 Å². The Morgan fingerprint density at radius 3 is 2.94 bits per heavy atom. The van der Waals surface area contributed by atoms with Crippen molar-refractivity contribution in [1.82, 2.24) is 10.2 Å². The molecule has 0 aliphatic carbocycles. The molecule has 0 aromatic carbocycles. The number of hydrogen-bond donors (Lipinski definition) is 1. The van der Waals surface area contributed by atoms with Gasteiger partial charge in [0.2, 0.25) is 0 Å². The summed E-state index contributed by atoms with van der Waals surface area (Å²) in [6, 6.07) is 1.60. The Morgan fingerprint density at radius 1 is 1.06 bits per heavy atom. The van der Waals surface area contributed by atoms with Crippen molar-refractivity contribution in [3.8, 4) is 0 Å². The van der Waals surface area contributed by atoms with Gasteiger partial charge in [-0.2, -0.15) is 0 Å². The van der Waals surface area contributed by atoms with Crippen LogP contribution in [0.3, 0.4) is 0 Å². The summed E-state index contributed by atoms with van der Waals surface area (Å²) >= 11 is 0. The Labute approximate surface area is 105 Å². The van der Waals surface area contributed by atoms with Crippen molar-refractivity contribution in [1.29, 1.82) is 0 Å². The van der Waals surface area contributed by atoms with Crippen molar-refractivity contribution in [3.05, 3.63) is 0 Å². The fourth-order valence-electron chi connectivity index (χ4n) is 3.77. The largest absolute Gasteiger partial charge is 0.381 e. The minimum absolute atomic E-state index is 0.761. The van der Waals surface area contributed by atoms with Crippen LogP contribution in [0.25, 0.3) is 0 Å². The van der Waals surface area contributed by atoms with Gasteiger partial charge in [0.25, 0.3) is 0 Å². The van der Waals surface area contributed by atoms with E-state index in [0.717, 1.165) is 31.2 Å². The summed E-state index contributed by atoms with van der Waals surface area (Å²) in [6.45, 7) is 5.80. The van der Waals surface area contributed by atoms with E-state index < -0.39 is 0 Å². The van der Waals surface area contributed by atoms with Crippen LogP contribution in [0.2, 0.25) is 0 Å². The number of ether oxygens (including phenoxy) is 1. The lowest BCUT2D eigenvalue weighted by Crippen LogP contribution is -2.46. The van der Waals surface area contributed by atoms with E-state index in [1.165, 1.54) is 58.2 Å². The summed E-state index contributed by atoms with van der Waals surface area (Å²) in [5.41, 5.74) is 0. The molecular formula is C14H26N2O. The molecule has 3 rings (SSSR count). The molecule has 3 saturated heterocycles. The van der Waals surface area contributed by atoms with Gasteiger partial charge in [0.05, 0.1) is 6.61 Å². The molecule has 0 bridgehead atoms. The molecule has 0 spiro atoms. The van der Waals surface area contributed by atoms with Crippen LogP contribution < -0.4 is 5.32 Å². The van der Waals surface area contributed by atoms with Gasteiger partial charge in [-0.3, -0.25) is 4.90 Å². The van der Waals surface area contributed by atoms with E-state index in [9.17, 15) is 0 Å². The standard InChI is InChI=1S/C14H26N2O/c1-2-7-16-8-6-13(14(16)5-1)15-10-12-4-3-9-17-11-12/h12-15H,1-11H2. The number of rotatable bonds is 3. The van der Waals surface area contributed by atoms with Gasteiger partial charge in [-0.15, -0.1) is 0 Å². The van der Waals surface area contributed by atoms with Crippen LogP contribution in [0.15, 0.2) is 0 Å². The van der Waals surface area contributed by atoms with E-state index in [1.807, 2.05) is 0 Å². The normalized spacial score (nSPS) is 39.2. The molecule has 1 N–H and O–H groups in total. The van der Waals surface area contributed by atoms with Gasteiger partial charge in [-0.1, -0.05) is 6.42 Å². The summed E-state index contributed by atoms with van der Waals surface area (Å²) < 4.78 is 5.55. The Morgan fingerprint density at radius 2 is 2.06 bits per heavy atom. The fraction of sp³-hybridized carbons (Fsp3) is 1.00. The second kappa shape index (κ2) is 5.68. The van der Waals surface area contributed by atoms with E-state index in [0.29, 0.717) is 0 Å². The topological polar surface area (TPSA) is 24.5 Å². The quantitative estimate of drug-likeness (QED) is 0.809. The summed E-state index contributed by atoms with van der Waals surface area (Å²) in [5, 5.41) is 3.83. The SMILES string of the molecule is C1COCC(CNC2CCN3CCCCC23)C1. The number of nitrogens with zero attached hydrogens (tertiary/aromatic N) is 1. The predicted molar refractivity (Wildman–Crippen MR) is 69.2 cm³/mol.